The van der Waals surface area contributed by atoms with Crippen molar-refractivity contribution in [2.75, 3.05) is 27.8 Å². The second-order valence-corrected chi connectivity index (χ2v) is 20.8. The van der Waals surface area contributed by atoms with Crippen molar-refractivity contribution in [3.8, 4) is 0 Å². The zero-order valence-corrected chi connectivity index (χ0v) is 38.9. The Morgan fingerprint density at radius 3 is 2.18 bits per heavy atom. The lowest BCUT2D eigenvalue weighted by atomic mass is 9.76. The predicted octanol–water partition coefficient (Wildman–Crippen LogP) is 3.84. The molecule has 0 aromatic carbocycles. The molecule has 18 heteroatoms. The number of thiophene rings is 1. The molecule has 4 saturated heterocycles. The van der Waals surface area contributed by atoms with Crippen LogP contribution in [0.15, 0.2) is 15.7 Å². The van der Waals surface area contributed by atoms with Gasteiger partial charge in [-0.1, -0.05) is 27.7 Å². The smallest absolute Gasteiger partial charge is 0.311 e. The van der Waals surface area contributed by atoms with Crippen molar-refractivity contribution in [1.82, 2.24) is 9.62 Å². The number of esters is 2. The SMILES string of the molecule is CO[C@H]1C[C@H](O[C@H]2[C@H](C)[C@@H](O[C@@H]3O[C@H](C)C[C@H](N(C)C)[C@H]3O)[C@@H](C)C[C@@]3(CO3)C(=O)[C@H](C)[C@@H](OC(C)=O)[C@@H](C)[C@@H](C)OC(=O)[C@@H]2C)O[C@@H](C)[C@@H]1NS(=O)(=O)c1sccc1C. The first kappa shape index (κ1) is 48.9. The summed E-state index contributed by atoms with van der Waals surface area (Å²) in [6.07, 6.45) is -7.28. The lowest BCUT2D eigenvalue weighted by Crippen LogP contribution is -2.58. The van der Waals surface area contributed by atoms with Crippen LogP contribution in [0.5, 0.6) is 0 Å². The summed E-state index contributed by atoms with van der Waals surface area (Å²) in [4.78, 5) is 43.0. The Bertz CT molecular complexity index is 1750. The highest BCUT2D eigenvalue weighted by Crippen LogP contribution is 2.44. The number of ether oxygens (including phenoxy) is 8. The number of methoxy groups -OCH3 is 1. The minimum absolute atomic E-state index is 0.108. The molecular weight excluding hydrogens is 821 g/mol. The normalized spacial score (nSPS) is 42.4. The summed E-state index contributed by atoms with van der Waals surface area (Å²) in [5.74, 6) is -4.78. The lowest BCUT2D eigenvalue weighted by molar-refractivity contribution is -0.294. The van der Waals surface area contributed by atoms with Crippen molar-refractivity contribution < 1.29 is 65.8 Å². The summed E-state index contributed by atoms with van der Waals surface area (Å²) in [7, 11) is 1.36. The Kier molecular flexibility index (Phi) is 16.1. The zero-order chi connectivity index (χ0) is 44.6. The van der Waals surface area contributed by atoms with E-state index in [0.717, 1.165) is 11.3 Å². The van der Waals surface area contributed by atoms with Crippen LogP contribution in [-0.4, -0.2) is 143 Å². The number of carbonyl (C=O) groups excluding carboxylic acids is 3. The number of nitrogens with one attached hydrogen (secondary N) is 1. The number of ketones is 1. The minimum Gasteiger partial charge on any atom is -0.462 e. The van der Waals surface area contributed by atoms with Crippen LogP contribution < -0.4 is 4.72 Å². The second-order valence-electron chi connectivity index (χ2n) is 17.9. The van der Waals surface area contributed by atoms with Crippen LogP contribution in [0.2, 0.25) is 0 Å². The summed E-state index contributed by atoms with van der Waals surface area (Å²) >= 11 is 1.12. The number of likely N-dealkylation sites (N-methyl/N-ethyl adjacent to an activating group) is 1. The summed E-state index contributed by atoms with van der Waals surface area (Å²) in [6, 6.07) is 0.704. The number of hydrogen-bond acceptors (Lipinski definition) is 16. The molecule has 2 N–H and O–H groups in total. The molecule has 1 spiro atoms. The van der Waals surface area contributed by atoms with Crippen LogP contribution in [-0.2, 0) is 62.3 Å². The molecule has 0 amide bonds. The first-order valence-corrected chi connectivity index (χ1v) is 23.5. The molecule has 5 heterocycles. The number of Topliss-reactive ketones (excluding diaryl/α,β-unsaturated/α-hetero) is 1. The van der Waals surface area contributed by atoms with Gasteiger partial charge in [-0.05, 0) is 84.5 Å². The molecule has 342 valence electrons. The quantitative estimate of drug-likeness (QED) is 0.254. The third kappa shape index (κ3) is 10.8. The fraction of sp³-hybridized carbons (Fsp3) is 0.833. The molecule has 5 rings (SSSR count). The van der Waals surface area contributed by atoms with E-state index >= 15 is 0 Å². The number of rotatable bonds is 10. The van der Waals surface area contributed by atoms with Gasteiger partial charge in [0.05, 0.1) is 55.0 Å². The molecule has 1 aromatic heterocycles. The number of aliphatic hydroxyl groups excluding tert-OH is 1. The van der Waals surface area contributed by atoms with Crippen molar-refractivity contribution in [1.29, 1.82) is 0 Å². The first-order valence-electron chi connectivity index (χ1n) is 21.1. The number of aliphatic hydroxyl groups is 1. The molecule has 60 heavy (non-hydrogen) atoms. The Balaban J connectivity index is 1.52. The van der Waals surface area contributed by atoms with Gasteiger partial charge in [-0.3, -0.25) is 14.4 Å². The highest BCUT2D eigenvalue weighted by atomic mass is 32.2. The minimum atomic E-state index is -3.91. The van der Waals surface area contributed by atoms with E-state index in [1.807, 2.05) is 39.8 Å². The molecule has 0 aliphatic carbocycles. The maximum absolute atomic E-state index is 14.4. The van der Waals surface area contributed by atoms with Crippen LogP contribution in [0.3, 0.4) is 0 Å². The molecule has 4 fully saturated rings. The van der Waals surface area contributed by atoms with E-state index in [-0.39, 0.29) is 41.6 Å². The number of sulfonamides is 1. The maximum atomic E-state index is 14.4. The molecule has 0 radical (unpaired) electrons. The van der Waals surface area contributed by atoms with Crippen LogP contribution in [0.4, 0.5) is 0 Å². The van der Waals surface area contributed by atoms with E-state index in [9.17, 15) is 27.9 Å². The van der Waals surface area contributed by atoms with Gasteiger partial charge < -0.3 is 47.9 Å². The van der Waals surface area contributed by atoms with Crippen LogP contribution in [0.1, 0.15) is 87.1 Å². The van der Waals surface area contributed by atoms with Crippen molar-refractivity contribution in [2.45, 2.75) is 172 Å². The fourth-order valence-electron chi connectivity index (χ4n) is 9.34. The van der Waals surface area contributed by atoms with Crippen molar-refractivity contribution in [3.05, 3.63) is 17.0 Å². The molecular formula is C42H68N2O14S2. The number of cyclic esters (lactones) is 1. The maximum Gasteiger partial charge on any atom is 0.311 e. The monoisotopic (exact) mass is 888 g/mol. The van der Waals surface area contributed by atoms with Gasteiger partial charge >= 0.3 is 11.9 Å². The largest absolute Gasteiger partial charge is 0.462 e. The van der Waals surface area contributed by atoms with E-state index in [1.165, 1.54) is 14.0 Å². The fourth-order valence-corrected chi connectivity index (χ4v) is 12.1. The number of nitrogens with zero attached hydrogens (tertiary/aromatic N) is 1. The van der Waals surface area contributed by atoms with Crippen molar-refractivity contribution in [2.24, 2.45) is 29.6 Å². The van der Waals surface area contributed by atoms with E-state index in [4.69, 9.17) is 37.9 Å². The van der Waals surface area contributed by atoms with E-state index in [0.29, 0.717) is 12.0 Å². The Labute approximate surface area is 359 Å². The third-order valence-electron chi connectivity index (χ3n) is 13.1. The van der Waals surface area contributed by atoms with E-state index < -0.39 is 119 Å². The number of aryl methyl sites for hydroxylation is 1. The van der Waals surface area contributed by atoms with Gasteiger partial charge in [0.15, 0.2) is 24.0 Å². The van der Waals surface area contributed by atoms with E-state index in [1.54, 1.807) is 53.0 Å². The molecule has 0 bridgehead atoms. The van der Waals surface area contributed by atoms with Gasteiger partial charge in [0.25, 0.3) is 10.0 Å². The Morgan fingerprint density at radius 2 is 1.62 bits per heavy atom. The standard InChI is InChI=1S/C42H68N2O14S2/c1-20-14-15-59-41(20)60(49,50)43-33-28(9)54-32(17-31(33)51-13)57-37-24(5)35(58-40-34(46)30(44(11)12)16-22(3)53-40)21(2)18-42(19-52-42)38(47)25(6)36(56-29(10)45)23(4)27(8)55-39(48)26(37)7/h14-15,21-28,30-37,40,43,46H,16-19H2,1-13H3/t21-,22+,23-,24+,25+,26+,27+,28-,30-,31-,32-,33-,34+,35-,36-,37-,40-,42+/m0/s1. The number of carbonyl (C=O) groups is 3. The summed E-state index contributed by atoms with van der Waals surface area (Å²) in [5.41, 5.74) is -0.559. The van der Waals surface area contributed by atoms with Gasteiger partial charge in [0.1, 0.15) is 22.5 Å². The summed E-state index contributed by atoms with van der Waals surface area (Å²) < 4.78 is 80.1. The number of epoxide rings is 1. The number of hydrogen-bond donors (Lipinski definition) is 2. The lowest BCUT2D eigenvalue weighted by Gasteiger charge is -2.46. The van der Waals surface area contributed by atoms with Gasteiger partial charge in [0.2, 0.25) is 0 Å². The predicted molar refractivity (Wildman–Crippen MR) is 220 cm³/mol. The molecule has 0 saturated carbocycles. The van der Waals surface area contributed by atoms with Crippen molar-refractivity contribution >= 4 is 39.1 Å². The van der Waals surface area contributed by atoms with E-state index in [2.05, 4.69) is 4.72 Å². The highest BCUT2D eigenvalue weighted by molar-refractivity contribution is 7.91. The highest BCUT2D eigenvalue weighted by Gasteiger charge is 2.58. The first-order chi connectivity index (χ1) is 28.0. The molecule has 0 unspecified atom stereocenters. The average Bonchev–Trinajstić information content (AvgIpc) is 3.82. The van der Waals surface area contributed by atoms with Gasteiger partial charge in [0, 0.05) is 38.3 Å². The molecule has 1 aromatic rings. The van der Waals surface area contributed by atoms with Crippen LogP contribution >= 0.6 is 11.3 Å². The summed E-state index contributed by atoms with van der Waals surface area (Å²) in [6.45, 7) is 17.5. The third-order valence-corrected chi connectivity index (χ3v) is 16.2. The van der Waals surface area contributed by atoms with Gasteiger partial charge in [-0.2, -0.15) is 0 Å². The van der Waals surface area contributed by atoms with Gasteiger partial charge in [-0.15, -0.1) is 11.3 Å². The molecule has 4 aliphatic heterocycles. The second kappa shape index (κ2) is 19.7. The van der Waals surface area contributed by atoms with Crippen LogP contribution in [0.25, 0.3) is 0 Å². The average molecular weight is 889 g/mol. The van der Waals surface area contributed by atoms with Gasteiger partial charge in [-0.25, -0.2) is 13.1 Å². The summed E-state index contributed by atoms with van der Waals surface area (Å²) in [5, 5.41) is 13.4. The Morgan fingerprint density at radius 1 is 0.950 bits per heavy atom. The van der Waals surface area contributed by atoms with Crippen LogP contribution in [0, 0.1) is 36.5 Å². The molecule has 18 atom stereocenters. The Hall–Kier alpha value is -2.10. The molecule has 4 aliphatic rings. The zero-order valence-electron chi connectivity index (χ0n) is 37.3. The molecule has 16 nitrogen and oxygen atoms in total. The topological polar surface area (TPSA) is 198 Å². The van der Waals surface area contributed by atoms with Crippen molar-refractivity contribution in [3.63, 3.8) is 0 Å².